The maximum absolute atomic E-state index is 9.81. The number of imidazole rings is 1. The fourth-order valence-corrected chi connectivity index (χ4v) is 2.44. The molecular formula is C20H21N3O6. The standard InChI is InChI=1S/C18H19N3O2.C2H2O4/c1-21-16(13-7-9-15(23-2)10-8-13)12-20-18(21)19-11-14-5-3-4-6-17(14)22;3-1(4)2(5)6/h3-10,12,22H,11H2,1-2H3,(H,19,20);(H,3,4)(H,5,6). The molecule has 152 valence electrons. The molecule has 1 heterocycles. The molecule has 0 atom stereocenters. The van der Waals surface area contributed by atoms with Crippen molar-refractivity contribution in [1.29, 1.82) is 0 Å². The van der Waals surface area contributed by atoms with Gasteiger partial charge in [0, 0.05) is 24.7 Å². The minimum Gasteiger partial charge on any atom is -0.508 e. The second kappa shape index (κ2) is 9.79. The van der Waals surface area contributed by atoms with Gasteiger partial charge in [-0.3, -0.25) is 0 Å². The van der Waals surface area contributed by atoms with E-state index >= 15 is 0 Å². The zero-order valence-electron chi connectivity index (χ0n) is 15.9. The monoisotopic (exact) mass is 399 g/mol. The molecule has 0 amide bonds. The molecule has 2 aromatic carbocycles. The second-order valence-corrected chi connectivity index (χ2v) is 5.85. The number of nitrogens with one attached hydrogen (secondary N) is 1. The summed E-state index contributed by atoms with van der Waals surface area (Å²) in [5.74, 6) is -1.79. The Kier molecular flexibility index (Phi) is 7.19. The average Bonchev–Trinajstić information content (AvgIpc) is 3.08. The fourth-order valence-electron chi connectivity index (χ4n) is 2.44. The molecule has 0 unspecified atom stereocenters. The molecule has 0 aliphatic carbocycles. The highest BCUT2D eigenvalue weighted by atomic mass is 16.5. The van der Waals surface area contributed by atoms with Crippen LogP contribution in [0.3, 0.4) is 0 Å². The van der Waals surface area contributed by atoms with E-state index in [1.807, 2.05) is 54.2 Å². The van der Waals surface area contributed by atoms with Crippen LogP contribution in [0.5, 0.6) is 11.5 Å². The predicted octanol–water partition coefficient (Wildman–Crippen LogP) is 2.57. The Morgan fingerprint density at radius 2 is 1.69 bits per heavy atom. The number of anilines is 1. The number of phenolic OH excluding ortho intramolecular Hbond substituents is 1. The van der Waals surface area contributed by atoms with Gasteiger partial charge >= 0.3 is 11.9 Å². The van der Waals surface area contributed by atoms with Crippen LogP contribution in [0.1, 0.15) is 5.56 Å². The van der Waals surface area contributed by atoms with E-state index in [0.29, 0.717) is 6.54 Å². The molecule has 29 heavy (non-hydrogen) atoms. The van der Waals surface area contributed by atoms with E-state index in [2.05, 4.69) is 10.3 Å². The summed E-state index contributed by atoms with van der Waals surface area (Å²) in [5, 5.41) is 27.8. The van der Waals surface area contributed by atoms with Crippen molar-refractivity contribution in [2.45, 2.75) is 6.54 Å². The summed E-state index contributed by atoms with van der Waals surface area (Å²) >= 11 is 0. The number of hydrogen-bond donors (Lipinski definition) is 4. The van der Waals surface area contributed by atoms with Gasteiger partial charge in [0.2, 0.25) is 5.95 Å². The van der Waals surface area contributed by atoms with Gasteiger partial charge < -0.3 is 29.9 Å². The Balaban J connectivity index is 0.000000438. The lowest BCUT2D eigenvalue weighted by Crippen LogP contribution is -2.09. The third-order valence-electron chi connectivity index (χ3n) is 3.99. The van der Waals surface area contributed by atoms with Gasteiger partial charge in [0.1, 0.15) is 11.5 Å². The first kappa shape index (κ1) is 21.3. The molecule has 9 nitrogen and oxygen atoms in total. The number of aromatic hydroxyl groups is 1. The van der Waals surface area contributed by atoms with Gasteiger partial charge in [-0.1, -0.05) is 18.2 Å². The maximum Gasteiger partial charge on any atom is 0.414 e. The van der Waals surface area contributed by atoms with E-state index in [1.54, 1.807) is 19.2 Å². The van der Waals surface area contributed by atoms with Crippen LogP contribution in [0.25, 0.3) is 11.3 Å². The number of methoxy groups -OCH3 is 1. The summed E-state index contributed by atoms with van der Waals surface area (Å²) in [6, 6.07) is 15.1. The lowest BCUT2D eigenvalue weighted by atomic mass is 10.1. The summed E-state index contributed by atoms with van der Waals surface area (Å²) in [7, 11) is 3.61. The number of aromatic nitrogens is 2. The number of rotatable bonds is 5. The van der Waals surface area contributed by atoms with E-state index < -0.39 is 11.9 Å². The molecule has 9 heteroatoms. The summed E-state index contributed by atoms with van der Waals surface area (Å²) < 4.78 is 7.17. The Bertz CT molecular complexity index is 970. The van der Waals surface area contributed by atoms with Crippen LogP contribution in [-0.2, 0) is 23.2 Å². The molecule has 0 fully saturated rings. The normalized spacial score (nSPS) is 9.86. The lowest BCUT2D eigenvalue weighted by molar-refractivity contribution is -0.159. The number of ether oxygens (including phenoxy) is 1. The van der Waals surface area contributed by atoms with Crippen LogP contribution in [0, 0.1) is 0 Å². The minimum absolute atomic E-state index is 0.282. The zero-order valence-corrected chi connectivity index (χ0v) is 15.9. The van der Waals surface area contributed by atoms with Crippen molar-refractivity contribution in [3.63, 3.8) is 0 Å². The van der Waals surface area contributed by atoms with Gasteiger partial charge in [-0.2, -0.15) is 0 Å². The van der Waals surface area contributed by atoms with Crippen molar-refractivity contribution in [3.8, 4) is 22.8 Å². The highest BCUT2D eigenvalue weighted by molar-refractivity contribution is 6.27. The van der Waals surface area contributed by atoms with Gasteiger partial charge in [0.25, 0.3) is 0 Å². The topological polar surface area (TPSA) is 134 Å². The van der Waals surface area contributed by atoms with Crippen molar-refractivity contribution in [2.24, 2.45) is 7.05 Å². The third-order valence-corrected chi connectivity index (χ3v) is 3.99. The number of aliphatic carboxylic acids is 2. The smallest absolute Gasteiger partial charge is 0.414 e. The van der Waals surface area contributed by atoms with Crippen LogP contribution in [0.2, 0.25) is 0 Å². The highest BCUT2D eigenvalue weighted by Gasteiger charge is 2.09. The van der Waals surface area contributed by atoms with E-state index in [-0.39, 0.29) is 5.75 Å². The quantitative estimate of drug-likeness (QED) is 0.481. The Hall–Kier alpha value is -4.01. The van der Waals surface area contributed by atoms with Gasteiger partial charge in [0.05, 0.1) is 19.0 Å². The molecule has 3 rings (SSSR count). The molecule has 4 N–H and O–H groups in total. The minimum atomic E-state index is -1.82. The van der Waals surface area contributed by atoms with Crippen LogP contribution < -0.4 is 10.1 Å². The Labute approximate surface area is 166 Å². The van der Waals surface area contributed by atoms with Crippen molar-refractivity contribution in [3.05, 3.63) is 60.3 Å². The fraction of sp³-hybridized carbons (Fsp3) is 0.150. The van der Waals surface area contributed by atoms with Crippen molar-refractivity contribution < 1.29 is 29.6 Å². The molecule has 0 saturated heterocycles. The van der Waals surface area contributed by atoms with Gasteiger partial charge in [-0.05, 0) is 30.3 Å². The number of nitrogens with zero attached hydrogens (tertiary/aromatic N) is 2. The molecule has 0 saturated carbocycles. The summed E-state index contributed by atoms with van der Waals surface area (Å²) in [6.45, 7) is 0.513. The molecule has 0 radical (unpaired) electrons. The Morgan fingerprint density at radius 1 is 1.07 bits per heavy atom. The van der Waals surface area contributed by atoms with Crippen molar-refractivity contribution in [2.75, 3.05) is 12.4 Å². The summed E-state index contributed by atoms with van der Waals surface area (Å²) in [5.41, 5.74) is 2.91. The van der Waals surface area contributed by atoms with E-state index in [0.717, 1.165) is 28.5 Å². The summed E-state index contributed by atoms with van der Waals surface area (Å²) in [4.78, 5) is 22.6. The maximum atomic E-state index is 9.81. The Morgan fingerprint density at radius 3 is 2.24 bits per heavy atom. The highest BCUT2D eigenvalue weighted by Crippen LogP contribution is 2.25. The van der Waals surface area contributed by atoms with E-state index in [1.165, 1.54) is 0 Å². The number of carbonyl (C=O) groups is 2. The number of benzene rings is 2. The van der Waals surface area contributed by atoms with Gasteiger partial charge in [0.15, 0.2) is 0 Å². The molecule has 1 aromatic heterocycles. The van der Waals surface area contributed by atoms with Crippen LogP contribution in [0.15, 0.2) is 54.7 Å². The lowest BCUT2D eigenvalue weighted by Gasteiger charge is -2.09. The third kappa shape index (κ3) is 5.73. The van der Waals surface area contributed by atoms with E-state index in [4.69, 9.17) is 24.5 Å². The zero-order chi connectivity index (χ0) is 21.4. The SMILES string of the molecule is COc1ccc(-c2cnc(NCc3ccccc3O)n2C)cc1.O=C(O)C(=O)O. The number of phenols is 1. The largest absolute Gasteiger partial charge is 0.508 e. The average molecular weight is 399 g/mol. The first-order valence-electron chi connectivity index (χ1n) is 8.46. The predicted molar refractivity (Wildman–Crippen MR) is 106 cm³/mol. The van der Waals surface area contributed by atoms with E-state index in [9.17, 15) is 5.11 Å². The number of carboxylic acid groups (broad SMARTS) is 2. The first-order chi connectivity index (χ1) is 13.8. The first-order valence-corrected chi connectivity index (χ1v) is 8.46. The summed E-state index contributed by atoms with van der Waals surface area (Å²) in [6.07, 6.45) is 1.83. The molecule has 0 aliphatic heterocycles. The van der Waals surface area contributed by atoms with Crippen molar-refractivity contribution in [1.82, 2.24) is 9.55 Å². The van der Waals surface area contributed by atoms with Gasteiger partial charge in [-0.15, -0.1) is 0 Å². The van der Waals surface area contributed by atoms with Gasteiger partial charge in [-0.25, -0.2) is 14.6 Å². The van der Waals surface area contributed by atoms with Crippen LogP contribution in [-0.4, -0.2) is 43.9 Å². The number of hydrogen-bond acceptors (Lipinski definition) is 6. The molecule has 0 aliphatic rings. The van der Waals surface area contributed by atoms with Crippen molar-refractivity contribution >= 4 is 17.9 Å². The molecule has 0 bridgehead atoms. The molecule has 3 aromatic rings. The van der Waals surface area contributed by atoms with Crippen LogP contribution >= 0.6 is 0 Å². The molecule has 0 spiro atoms. The number of carboxylic acids is 2. The molecular weight excluding hydrogens is 378 g/mol. The second-order valence-electron chi connectivity index (χ2n) is 5.85. The number of para-hydroxylation sites is 1. The van der Waals surface area contributed by atoms with Crippen LogP contribution in [0.4, 0.5) is 5.95 Å².